The van der Waals surface area contributed by atoms with E-state index < -0.39 is 5.97 Å². The fourth-order valence-corrected chi connectivity index (χ4v) is 3.18. The van der Waals surface area contributed by atoms with E-state index in [1.165, 1.54) is 11.3 Å². The molecule has 0 aliphatic heterocycles. The van der Waals surface area contributed by atoms with Gasteiger partial charge < -0.3 is 14.4 Å². The minimum atomic E-state index is -0.882. The zero-order chi connectivity index (χ0) is 12.9. The van der Waals surface area contributed by atoms with Crippen LogP contribution in [0.1, 0.15) is 9.67 Å². The topological polar surface area (TPSA) is 51.5 Å². The second-order valence-electron chi connectivity index (χ2n) is 4.08. The fraction of sp³-hybridized carbons (Fsp3) is 0.154. The number of carbonyl (C=O) groups is 1. The van der Waals surface area contributed by atoms with Gasteiger partial charge in [0.25, 0.3) is 0 Å². The molecule has 2 aromatic heterocycles. The molecule has 1 N–H and O–H groups in total. The lowest BCUT2D eigenvalue weighted by Crippen LogP contribution is -1.90. The second kappa shape index (κ2) is 3.74. The van der Waals surface area contributed by atoms with Crippen molar-refractivity contribution in [2.75, 3.05) is 7.11 Å². The number of aryl methyl sites for hydroxylation is 1. The molecule has 0 saturated heterocycles. The Morgan fingerprint density at radius 3 is 2.78 bits per heavy atom. The van der Waals surface area contributed by atoms with Gasteiger partial charge in [-0.15, -0.1) is 11.3 Å². The van der Waals surface area contributed by atoms with E-state index in [2.05, 4.69) is 0 Å². The molecule has 0 spiro atoms. The normalized spacial score (nSPS) is 11.2. The Balaban J connectivity index is 2.41. The largest absolute Gasteiger partial charge is 0.497 e. The van der Waals surface area contributed by atoms with E-state index in [1.807, 2.05) is 29.8 Å². The van der Waals surface area contributed by atoms with Gasteiger partial charge >= 0.3 is 5.97 Å². The Morgan fingerprint density at radius 2 is 2.11 bits per heavy atom. The van der Waals surface area contributed by atoms with E-state index in [0.717, 1.165) is 26.9 Å². The Morgan fingerprint density at radius 1 is 1.33 bits per heavy atom. The molecule has 5 heteroatoms. The molecule has 1 aromatic carbocycles. The van der Waals surface area contributed by atoms with E-state index in [1.54, 1.807) is 13.2 Å². The molecule has 0 aliphatic carbocycles. The van der Waals surface area contributed by atoms with Crippen molar-refractivity contribution in [3.05, 3.63) is 29.1 Å². The third-order valence-corrected chi connectivity index (χ3v) is 4.28. The highest BCUT2D eigenvalue weighted by atomic mass is 32.1. The number of carboxylic acid groups (broad SMARTS) is 1. The second-order valence-corrected chi connectivity index (χ2v) is 5.11. The number of aromatic carboxylic acids is 1. The molecule has 3 rings (SSSR count). The van der Waals surface area contributed by atoms with Crippen LogP contribution in [0.25, 0.3) is 21.1 Å². The average Bonchev–Trinajstić information content (AvgIpc) is 2.90. The van der Waals surface area contributed by atoms with Gasteiger partial charge in [-0.3, -0.25) is 0 Å². The quantitative estimate of drug-likeness (QED) is 0.771. The summed E-state index contributed by atoms with van der Waals surface area (Å²) in [6, 6.07) is 7.56. The molecule has 0 atom stereocenters. The summed E-state index contributed by atoms with van der Waals surface area (Å²) in [5, 5.41) is 11.0. The molecule has 92 valence electrons. The summed E-state index contributed by atoms with van der Waals surface area (Å²) in [6.07, 6.45) is 0. The Labute approximate surface area is 107 Å². The lowest BCUT2D eigenvalue weighted by atomic mass is 10.2. The predicted octanol–water partition coefficient (Wildman–Crippen LogP) is 3.10. The van der Waals surface area contributed by atoms with Gasteiger partial charge in [0.15, 0.2) is 0 Å². The third-order valence-electron chi connectivity index (χ3n) is 3.08. The van der Waals surface area contributed by atoms with E-state index >= 15 is 0 Å². The van der Waals surface area contributed by atoms with E-state index in [4.69, 9.17) is 9.84 Å². The number of rotatable bonds is 2. The first kappa shape index (κ1) is 11.1. The lowest BCUT2D eigenvalue weighted by Gasteiger charge is -2.00. The zero-order valence-corrected chi connectivity index (χ0v) is 10.7. The van der Waals surface area contributed by atoms with Gasteiger partial charge in [0.05, 0.1) is 7.11 Å². The van der Waals surface area contributed by atoms with Gasteiger partial charge in [-0.05, 0) is 24.3 Å². The van der Waals surface area contributed by atoms with Crippen LogP contribution in [0, 0.1) is 0 Å². The molecule has 2 heterocycles. The van der Waals surface area contributed by atoms with Crippen molar-refractivity contribution in [2.45, 2.75) is 0 Å². The molecular weight excluding hydrogens is 250 g/mol. The molecule has 0 amide bonds. The maximum Gasteiger partial charge on any atom is 0.345 e. The average molecular weight is 261 g/mol. The van der Waals surface area contributed by atoms with Gasteiger partial charge in [-0.2, -0.15) is 0 Å². The number of benzene rings is 1. The first-order valence-electron chi connectivity index (χ1n) is 5.41. The van der Waals surface area contributed by atoms with Crippen LogP contribution in [0.3, 0.4) is 0 Å². The number of methoxy groups -OCH3 is 1. The third kappa shape index (κ3) is 1.41. The Bertz CT molecular complexity index is 769. The van der Waals surface area contributed by atoms with Crippen molar-refractivity contribution in [3.63, 3.8) is 0 Å². The van der Waals surface area contributed by atoms with Gasteiger partial charge in [0.2, 0.25) is 0 Å². The molecule has 0 saturated carbocycles. The highest BCUT2D eigenvalue weighted by molar-refractivity contribution is 7.20. The van der Waals surface area contributed by atoms with Crippen LogP contribution in [0.5, 0.6) is 5.75 Å². The van der Waals surface area contributed by atoms with E-state index in [9.17, 15) is 4.79 Å². The molecule has 0 bridgehead atoms. The smallest absolute Gasteiger partial charge is 0.345 e. The summed E-state index contributed by atoms with van der Waals surface area (Å²) in [6.45, 7) is 0. The summed E-state index contributed by atoms with van der Waals surface area (Å²) >= 11 is 1.29. The number of thiophene rings is 1. The molecular formula is C13H11NO3S. The van der Waals surface area contributed by atoms with Crippen LogP contribution in [-0.2, 0) is 7.05 Å². The van der Waals surface area contributed by atoms with Gasteiger partial charge in [-0.1, -0.05) is 0 Å². The summed E-state index contributed by atoms with van der Waals surface area (Å²) in [5.74, 6) is -0.106. The molecule has 0 unspecified atom stereocenters. The maximum absolute atomic E-state index is 11.0. The highest BCUT2D eigenvalue weighted by Crippen LogP contribution is 2.36. The molecule has 0 radical (unpaired) electrons. The summed E-state index contributed by atoms with van der Waals surface area (Å²) in [5.41, 5.74) is 1.08. The minimum absolute atomic E-state index is 0.361. The van der Waals surface area contributed by atoms with Crippen molar-refractivity contribution in [2.24, 2.45) is 7.05 Å². The number of fused-ring (bicyclic) bond motifs is 3. The van der Waals surface area contributed by atoms with Crippen LogP contribution in [-0.4, -0.2) is 22.8 Å². The fourth-order valence-electron chi connectivity index (χ4n) is 2.19. The van der Waals surface area contributed by atoms with Crippen LogP contribution >= 0.6 is 11.3 Å². The van der Waals surface area contributed by atoms with Gasteiger partial charge in [0.1, 0.15) is 15.5 Å². The van der Waals surface area contributed by atoms with Crippen LogP contribution in [0.15, 0.2) is 24.3 Å². The number of carboxylic acids is 1. The van der Waals surface area contributed by atoms with Crippen molar-refractivity contribution in [3.8, 4) is 5.75 Å². The highest BCUT2D eigenvalue weighted by Gasteiger charge is 2.15. The predicted molar refractivity (Wildman–Crippen MR) is 71.8 cm³/mol. The van der Waals surface area contributed by atoms with Crippen molar-refractivity contribution >= 4 is 38.4 Å². The van der Waals surface area contributed by atoms with Crippen LogP contribution < -0.4 is 4.74 Å². The van der Waals surface area contributed by atoms with E-state index in [0.29, 0.717) is 4.88 Å². The summed E-state index contributed by atoms with van der Waals surface area (Å²) in [4.78, 5) is 12.3. The standard InChI is InChI=1S/C13H11NO3S/c1-14-10-4-3-7(17-2)5-8(10)9-6-11(13(15)16)18-12(9)14/h3-6H,1-2H3,(H,15,16). The van der Waals surface area contributed by atoms with Crippen LogP contribution in [0.4, 0.5) is 0 Å². The number of ether oxygens (including phenoxy) is 1. The van der Waals surface area contributed by atoms with Crippen molar-refractivity contribution in [1.82, 2.24) is 4.57 Å². The van der Waals surface area contributed by atoms with Crippen LogP contribution in [0.2, 0.25) is 0 Å². The zero-order valence-electron chi connectivity index (χ0n) is 9.93. The Hall–Kier alpha value is -2.01. The molecule has 0 fully saturated rings. The van der Waals surface area contributed by atoms with E-state index in [-0.39, 0.29) is 0 Å². The van der Waals surface area contributed by atoms with Gasteiger partial charge in [-0.25, -0.2) is 4.79 Å². The molecule has 18 heavy (non-hydrogen) atoms. The molecule has 3 aromatic rings. The van der Waals surface area contributed by atoms with Crippen molar-refractivity contribution < 1.29 is 14.6 Å². The number of hydrogen-bond donors (Lipinski definition) is 1. The summed E-state index contributed by atoms with van der Waals surface area (Å²) in [7, 11) is 3.57. The molecule has 4 nitrogen and oxygen atoms in total. The lowest BCUT2D eigenvalue weighted by molar-refractivity contribution is 0.0702. The monoisotopic (exact) mass is 261 g/mol. The first-order chi connectivity index (χ1) is 8.61. The van der Waals surface area contributed by atoms with Gasteiger partial charge in [0, 0.05) is 23.3 Å². The maximum atomic E-state index is 11.0. The number of nitrogens with zero attached hydrogens (tertiary/aromatic N) is 1. The first-order valence-corrected chi connectivity index (χ1v) is 6.22. The Kier molecular flexibility index (Phi) is 2.31. The SMILES string of the molecule is COc1ccc2c(c1)c1cc(C(=O)O)sc1n2C. The minimum Gasteiger partial charge on any atom is -0.497 e. The van der Waals surface area contributed by atoms with Crippen molar-refractivity contribution in [1.29, 1.82) is 0 Å². The summed E-state index contributed by atoms with van der Waals surface area (Å²) < 4.78 is 7.23. The number of aromatic nitrogens is 1. The molecule has 0 aliphatic rings. The number of hydrogen-bond acceptors (Lipinski definition) is 3.